The van der Waals surface area contributed by atoms with E-state index in [-0.39, 0.29) is 11.9 Å². The van der Waals surface area contributed by atoms with E-state index >= 15 is 0 Å². The van der Waals surface area contributed by atoms with Crippen molar-refractivity contribution >= 4 is 11.9 Å². The van der Waals surface area contributed by atoms with Crippen molar-refractivity contribution in [1.82, 2.24) is 14.9 Å². The summed E-state index contributed by atoms with van der Waals surface area (Å²) in [5, 5.41) is 0. The summed E-state index contributed by atoms with van der Waals surface area (Å²) in [5.74, 6) is 0.717. The second-order valence-corrected chi connectivity index (χ2v) is 8.42. The molecule has 0 aliphatic carbocycles. The van der Waals surface area contributed by atoms with Gasteiger partial charge in [0, 0.05) is 43.4 Å². The van der Waals surface area contributed by atoms with Crippen molar-refractivity contribution in [3.05, 3.63) is 78.4 Å². The molecule has 1 spiro atoms. The number of likely N-dealkylation sites (N-methyl/N-ethyl adjacent to an activating group) is 1. The third-order valence-corrected chi connectivity index (χ3v) is 6.03. The van der Waals surface area contributed by atoms with Gasteiger partial charge in [-0.1, -0.05) is 36.4 Å². The molecule has 2 aromatic carbocycles. The van der Waals surface area contributed by atoms with Crippen LogP contribution in [-0.4, -0.2) is 39.4 Å². The van der Waals surface area contributed by atoms with Crippen molar-refractivity contribution in [2.45, 2.75) is 30.9 Å². The molecule has 0 radical (unpaired) electrons. The third-order valence-electron chi connectivity index (χ3n) is 6.03. The van der Waals surface area contributed by atoms with Crippen LogP contribution >= 0.6 is 0 Å². The molecule has 3 aromatic rings. The van der Waals surface area contributed by atoms with Crippen LogP contribution in [-0.2, 0) is 16.8 Å². The minimum absolute atomic E-state index is 0.143. The summed E-state index contributed by atoms with van der Waals surface area (Å²) in [5.41, 5.74) is 7.97. The van der Waals surface area contributed by atoms with Gasteiger partial charge in [0.2, 0.25) is 0 Å². The number of rotatable bonds is 3. The van der Waals surface area contributed by atoms with E-state index < -0.39 is 11.1 Å². The van der Waals surface area contributed by atoms with Crippen LogP contribution < -0.4 is 10.5 Å². The monoisotopic (exact) mass is 413 g/mol. The van der Waals surface area contributed by atoms with Gasteiger partial charge in [0.15, 0.2) is 11.5 Å². The van der Waals surface area contributed by atoms with Gasteiger partial charge in [-0.15, -0.1) is 0 Å². The standard InChI is InChI=1S/C24H23N5O2/c1-23(11-16-6-4-3-5-7-16)14-24(21(30)29(2)22(25)28-24)19-10-17(8-9-20(19)31-23)18-12-26-15-27-13-18/h3-10,12-13,15H,11,14H2,1-2H3,(H2,25,28)/t23-,24?/m1/s1. The van der Waals surface area contributed by atoms with Crippen LogP contribution in [0.3, 0.4) is 0 Å². The van der Waals surface area contributed by atoms with E-state index in [0.29, 0.717) is 18.6 Å². The summed E-state index contributed by atoms with van der Waals surface area (Å²) in [6.45, 7) is 2.03. The lowest BCUT2D eigenvalue weighted by atomic mass is 9.74. The normalized spacial score (nSPS) is 24.6. The molecule has 0 fully saturated rings. The van der Waals surface area contributed by atoms with Crippen molar-refractivity contribution in [3.63, 3.8) is 0 Å². The number of hydrogen-bond acceptors (Lipinski definition) is 6. The number of carbonyl (C=O) groups excluding carboxylic acids is 1. The van der Waals surface area contributed by atoms with Crippen molar-refractivity contribution < 1.29 is 9.53 Å². The summed E-state index contributed by atoms with van der Waals surface area (Å²) in [6, 6.07) is 15.9. The summed E-state index contributed by atoms with van der Waals surface area (Å²) < 4.78 is 6.51. The van der Waals surface area contributed by atoms with Crippen LogP contribution in [0.2, 0.25) is 0 Å². The molecule has 7 nitrogen and oxygen atoms in total. The minimum Gasteiger partial charge on any atom is -0.487 e. The van der Waals surface area contributed by atoms with E-state index in [9.17, 15) is 4.79 Å². The molecule has 1 aromatic heterocycles. The molecule has 3 heterocycles. The van der Waals surface area contributed by atoms with Crippen molar-refractivity contribution in [2.75, 3.05) is 7.05 Å². The molecule has 1 amide bonds. The van der Waals surface area contributed by atoms with Gasteiger partial charge in [-0.05, 0) is 30.2 Å². The zero-order chi connectivity index (χ0) is 21.6. The van der Waals surface area contributed by atoms with Gasteiger partial charge in [-0.3, -0.25) is 9.69 Å². The van der Waals surface area contributed by atoms with Gasteiger partial charge in [0.05, 0.1) is 0 Å². The van der Waals surface area contributed by atoms with Gasteiger partial charge in [-0.25, -0.2) is 15.0 Å². The molecule has 1 unspecified atom stereocenters. The Balaban J connectivity index is 1.65. The highest BCUT2D eigenvalue weighted by Gasteiger charge is 2.56. The predicted octanol–water partition coefficient (Wildman–Crippen LogP) is 2.91. The van der Waals surface area contributed by atoms with Crippen molar-refractivity contribution in [1.29, 1.82) is 0 Å². The second kappa shape index (κ2) is 6.91. The maximum Gasteiger partial charge on any atom is 0.261 e. The summed E-state index contributed by atoms with van der Waals surface area (Å²) in [6.07, 6.45) is 6.01. The molecular weight excluding hydrogens is 390 g/mol. The zero-order valence-electron chi connectivity index (χ0n) is 17.4. The van der Waals surface area contributed by atoms with E-state index in [1.165, 1.54) is 11.2 Å². The number of ether oxygens (including phenoxy) is 1. The number of carbonyl (C=O) groups is 1. The van der Waals surface area contributed by atoms with Crippen LogP contribution in [0.4, 0.5) is 0 Å². The fraction of sp³-hybridized carbons (Fsp3) is 0.250. The number of amides is 1. The lowest BCUT2D eigenvalue weighted by molar-refractivity contribution is -0.133. The van der Waals surface area contributed by atoms with E-state index in [1.807, 2.05) is 43.3 Å². The maximum absolute atomic E-state index is 13.5. The third kappa shape index (κ3) is 3.13. The Morgan fingerprint density at radius 1 is 1.10 bits per heavy atom. The number of nitrogens with two attached hydrogens (primary N) is 1. The summed E-state index contributed by atoms with van der Waals surface area (Å²) in [4.78, 5) is 27.8. The number of aliphatic imine (C=N–C) groups is 1. The first-order valence-electron chi connectivity index (χ1n) is 10.2. The summed E-state index contributed by atoms with van der Waals surface area (Å²) >= 11 is 0. The molecule has 156 valence electrons. The topological polar surface area (TPSA) is 93.7 Å². The number of aromatic nitrogens is 2. The molecule has 5 rings (SSSR count). The van der Waals surface area contributed by atoms with Gasteiger partial charge >= 0.3 is 0 Å². The van der Waals surface area contributed by atoms with Gasteiger partial charge < -0.3 is 10.5 Å². The second-order valence-electron chi connectivity index (χ2n) is 8.42. The Morgan fingerprint density at radius 3 is 2.52 bits per heavy atom. The Hall–Kier alpha value is -3.74. The molecule has 2 atom stereocenters. The van der Waals surface area contributed by atoms with Gasteiger partial charge in [0.25, 0.3) is 5.91 Å². The number of hydrogen-bond donors (Lipinski definition) is 1. The Kier molecular flexibility index (Phi) is 4.28. The molecule has 2 aliphatic rings. The predicted molar refractivity (Wildman–Crippen MR) is 117 cm³/mol. The zero-order valence-corrected chi connectivity index (χ0v) is 17.4. The van der Waals surface area contributed by atoms with E-state index in [4.69, 9.17) is 15.5 Å². The first kappa shape index (κ1) is 19.2. The molecule has 2 N–H and O–H groups in total. The number of nitrogens with zero attached hydrogens (tertiary/aromatic N) is 4. The Bertz CT molecular complexity index is 1180. The molecule has 0 saturated carbocycles. The number of fused-ring (bicyclic) bond motifs is 2. The molecule has 31 heavy (non-hydrogen) atoms. The van der Waals surface area contributed by atoms with Gasteiger partial charge in [-0.2, -0.15) is 0 Å². The highest BCUT2D eigenvalue weighted by Crippen LogP contribution is 2.50. The van der Waals surface area contributed by atoms with Gasteiger partial charge in [0.1, 0.15) is 17.7 Å². The number of benzene rings is 2. The SMILES string of the molecule is CN1C(=O)C2(C[C@@](C)(Cc3ccccc3)Oc3ccc(-c4cncnc4)cc32)N=C1N. The van der Waals surface area contributed by atoms with Crippen LogP contribution in [0.15, 0.2) is 72.2 Å². The molecule has 2 aliphatic heterocycles. The van der Waals surface area contributed by atoms with Crippen LogP contribution in [0.1, 0.15) is 24.5 Å². The first-order chi connectivity index (χ1) is 14.9. The van der Waals surface area contributed by atoms with E-state index in [0.717, 1.165) is 22.3 Å². The average Bonchev–Trinajstić information content (AvgIpc) is 2.98. The molecular formula is C24H23N5O2. The lowest BCUT2D eigenvalue weighted by Gasteiger charge is -2.43. The maximum atomic E-state index is 13.5. The van der Waals surface area contributed by atoms with E-state index in [1.54, 1.807) is 19.4 Å². The number of guanidine groups is 1. The highest BCUT2D eigenvalue weighted by molar-refractivity contribution is 6.07. The largest absolute Gasteiger partial charge is 0.487 e. The minimum atomic E-state index is -1.12. The van der Waals surface area contributed by atoms with E-state index in [2.05, 4.69) is 22.1 Å². The lowest BCUT2D eigenvalue weighted by Crippen LogP contribution is -2.51. The van der Waals surface area contributed by atoms with Crippen LogP contribution in [0, 0.1) is 0 Å². The quantitative estimate of drug-likeness (QED) is 0.713. The molecule has 0 bridgehead atoms. The fourth-order valence-electron chi connectivity index (χ4n) is 4.62. The summed E-state index contributed by atoms with van der Waals surface area (Å²) in [7, 11) is 1.66. The Morgan fingerprint density at radius 2 is 1.84 bits per heavy atom. The molecule has 0 saturated heterocycles. The van der Waals surface area contributed by atoms with Crippen LogP contribution in [0.25, 0.3) is 11.1 Å². The first-order valence-corrected chi connectivity index (χ1v) is 10.2. The van der Waals surface area contributed by atoms with Crippen molar-refractivity contribution in [3.8, 4) is 16.9 Å². The fourth-order valence-corrected chi connectivity index (χ4v) is 4.62. The highest BCUT2D eigenvalue weighted by atomic mass is 16.5. The average molecular weight is 413 g/mol. The molecule has 7 heteroatoms. The Labute approximate surface area is 180 Å². The van der Waals surface area contributed by atoms with Crippen LogP contribution in [0.5, 0.6) is 5.75 Å². The van der Waals surface area contributed by atoms with Crippen molar-refractivity contribution in [2.24, 2.45) is 10.7 Å². The smallest absolute Gasteiger partial charge is 0.261 e.